The van der Waals surface area contributed by atoms with Gasteiger partial charge in [0, 0.05) is 43.9 Å². The molecule has 1 N–H and O–H groups in total. The Morgan fingerprint density at radius 2 is 1.72 bits per heavy atom. The molecule has 2 amide bonds. The molecular weight excluding hydrogens is 405 g/mol. The zero-order chi connectivity index (χ0) is 22.5. The highest BCUT2D eigenvalue weighted by Gasteiger charge is 2.23. The second kappa shape index (κ2) is 9.77. The Morgan fingerprint density at radius 1 is 0.969 bits per heavy atom. The summed E-state index contributed by atoms with van der Waals surface area (Å²) < 4.78 is 13.9. The van der Waals surface area contributed by atoms with Gasteiger partial charge in [-0.15, -0.1) is 0 Å². The van der Waals surface area contributed by atoms with Gasteiger partial charge in [-0.2, -0.15) is 0 Å². The number of nitrogens with one attached hydrogen (secondary N) is 1. The molecule has 166 valence electrons. The third kappa shape index (κ3) is 5.04. The number of carbonyl (C=O) groups is 1. The molecule has 7 heteroatoms. The van der Waals surface area contributed by atoms with Gasteiger partial charge in [-0.25, -0.2) is 19.2 Å². The smallest absolute Gasteiger partial charge is 0.321 e. The van der Waals surface area contributed by atoms with E-state index in [9.17, 15) is 9.18 Å². The van der Waals surface area contributed by atoms with Gasteiger partial charge in [-0.05, 0) is 38.0 Å². The van der Waals surface area contributed by atoms with Crippen LogP contribution in [-0.4, -0.2) is 47.1 Å². The number of aryl methyl sites for hydroxylation is 2. The van der Waals surface area contributed by atoms with Crippen LogP contribution in [-0.2, 0) is 6.42 Å². The van der Waals surface area contributed by atoms with Crippen LogP contribution in [0.2, 0.25) is 0 Å². The standard InChI is InChI=1S/C25H28FN5O/c1-18-21(17-20-9-4-3-5-10-20)24(28-19(2)27-18)30-13-8-14-31(16-15-30)25(32)29-23-12-7-6-11-22(23)26/h3-7,9-12H,8,13-17H2,1-2H3,(H,29,32). The maximum absolute atomic E-state index is 13.9. The molecule has 32 heavy (non-hydrogen) atoms. The van der Waals surface area contributed by atoms with Gasteiger partial charge in [0.1, 0.15) is 17.5 Å². The van der Waals surface area contributed by atoms with Crippen LogP contribution in [0.5, 0.6) is 0 Å². The molecule has 1 aliphatic heterocycles. The number of anilines is 2. The van der Waals surface area contributed by atoms with E-state index >= 15 is 0 Å². The molecule has 1 saturated heterocycles. The van der Waals surface area contributed by atoms with Gasteiger partial charge in [0.05, 0.1) is 5.69 Å². The van der Waals surface area contributed by atoms with Crippen molar-refractivity contribution in [3.05, 3.63) is 83.1 Å². The van der Waals surface area contributed by atoms with E-state index in [-0.39, 0.29) is 11.7 Å². The molecular formula is C25H28FN5O. The van der Waals surface area contributed by atoms with Crippen molar-refractivity contribution >= 4 is 17.5 Å². The zero-order valence-electron chi connectivity index (χ0n) is 18.5. The van der Waals surface area contributed by atoms with Crippen LogP contribution in [0.1, 0.15) is 29.1 Å². The normalized spacial score (nSPS) is 14.2. The molecule has 6 nitrogen and oxygen atoms in total. The minimum atomic E-state index is -0.435. The van der Waals surface area contributed by atoms with Crippen LogP contribution in [0.3, 0.4) is 0 Å². The summed E-state index contributed by atoms with van der Waals surface area (Å²) in [5.74, 6) is 1.25. The summed E-state index contributed by atoms with van der Waals surface area (Å²) in [7, 11) is 0. The number of aromatic nitrogens is 2. The fourth-order valence-corrected chi connectivity index (χ4v) is 4.08. The number of amides is 2. The van der Waals surface area contributed by atoms with Crippen LogP contribution in [0.4, 0.5) is 20.7 Å². The van der Waals surface area contributed by atoms with Crippen molar-refractivity contribution in [3.8, 4) is 0 Å². The minimum absolute atomic E-state index is 0.200. The first-order valence-electron chi connectivity index (χ1n) is 10.9. The van der Waals surface area contributed by atoms with Crippen molar-refractivity contribution < 1.29 is 9.18 Å². The molecule has 4 rings (SSSR count). The number of para-hydroxylation sites is 1. The molecule has 0 spiro atoms. The van der Waals surface area contributed by atoms with Crippen molar-refractivity contribution in [1.82, 2.24) is 14.9 Å². The molecule has 3 aromatic rings. The van der Waals surface area contributed by atoms with Gasteiger partial charge >= 0.3 is 6.03 Å². The fraction of sp³-hybridized carbons (Fsp3) is 0.320. The summed E-state index contributed by atoms with van der Waals surface area (Å²) in [6.45, 7) is 6.53. The molecule has 0 saturated carbocycles. The molecule has 0 unspecified atom stereocenters. The van der Waals surface area contributed by atoms with E-state index in [4.69, 9.17) is 4.98 Å². The molecule has 0 aliphatic carbocycles. The number of benzene rings is 2. The molecule has 0 radical (unpaired) electrons. The van der Waals surface area contributed by atoms with Gasteiger partial charge in [0.25, 0.3) is 0 Å². The lowest BCUT2D eigenvalue weighted by Gasteiger charge is -2.26. The molecule has 0 bridgehead atoms. The average molecular weight is 434 g/mol. The highest BCUT2D eigenvalue weighted by atomic mass is 19.1. The first-order chi connectivity index (χ1) is 15.5. The highest BCUT2D eigenvalue weighted by Crippen LogP contribution is 2.25. The Balaban J connectivity index is 1.50. The Hall–Kier alpha value is -3.48. The Labute approximate surface area is 188 Å². The van der Waals surface area contributed by atoms with Crippen molar-refractivity contribution in [1.29, 1.82) is 0 Å². The number of rotatable bonds is 4. The van der Waals surface area contributed by atoms with Crippen LogP contribution >= 0.6 is 0 Å². The Morgan fingerprint density at radius 3 is 2.50 bits per heavy atom. The highest BCUT2D eigenvalue weighted by molar-refractivity contribution is 5.89. The van der Waals surface area contributed by atoms with Gasteiger partial charge < -0.3 is 15.1 Å². The van der Waals surface area contributed by atoms with E-state index in [1.807, 2.05) is 32.0 Å². The van der Waals surface area contributed by atoms with Crippen molar-refractivity contribution in [2.45, 2.75) is 26.7 Å². The summed E-state index contributed by atoms with van der Waals surface area (Å²) >= 11 is 0. The van der Waals surface area contributed by atoms with E-state index in [2.05, 4.69) is 27.3 Å². The molecule has 1 fully saturated rings. The Bertz CT molecular complexity index is 1090. The summed E-state index contributed by atoms with van der Waals surface area (Å²) in [6, 6.07) is 16.3. The van der Waals surface area contributed by atoms with Crippen molar-refractivity contribution in [2.75, 3.05) is 36.4 Å². The van der Waals surface area contributed by atoms with Gasteiger partial charge in [0.15, 0.2) is 0 Å². The van der Waals surface area contributed by atoms with Gasteiger partial charge in [-0.1, -0.05) is 42.5 Å². The van der Waals surface area contributed by atoms with Crippen LogP contribution < -0.4 is 10.2 Å². The van der Waals surface area contributed by atoms with Crippen molar-refractivity contribution in [3.63, 3.8) is 0 Å². The van der Waals surface area contributed by atoms with E-state index in [1.54, 1.807) is 23.1 Å². The molecule has 1 aromatic heterocycles. The van der Waals surface area contributed by atoms with Gasteiger partial charge in [0.2, 0.25) is 0 Å². The average Bonchev–Trinajstić information content (AvgIpc) is 3.04. The molecule has 1 aliphatic rings. The van der Waals surface area contributed by atoms with E-state index in [0.717, 1.165) is 42.3 Å². The number of halogens is 1. The number of nitrogens with zero attached hydrogens (tertiary/aromatic N) is 4. The molecule has 2 aromatic carbocycles. The summed E-state index contributed by atoms with van der Waals surface area (Å²) in [5.41, 5.74) is 3.51. The number of hydrogen-bond acceptors (Lipinski definition) is 4. The lowest BCUT2D eigenvalue weighted by molar-refractivity contribution is 0.215. The second-order valence-electron chi connectivity index (χ2n) is 8.06. The summed E-state index contributed by atoms with van der Waals surface area (Å²) in [4.78, 5) is 26.1. The van der Waals surface area contributed by atoms with E-state index < -0.39 is 5.82 Å². The SMILES string of the molecule is Cc1nc(C)c(Cc2ccccc2)c(N2CCCN(C(=O)Nc3ccccc3F)CC2)n1. The summed E-state index contributed by atoms with van der Waals surface area (Å²) in [6.07, 6.45) is 1.56. The number of hydrogen-bond donors (Lipinski definition) is 1. The maximum Gasteiger partial charge on any atom is 0.321 e. The maximum atomic E-state index is 13.9. The molecule has 0 atom stereocenters. The first kappa shape index (κ1) is 21.7. The minimum Gasteiger partial charge on any atom is -0.354 e. The second-order valence-corrected chi connectivity index (χ2v) is 8.06. The Kier molecular flexibility index (Phi) is 6.63. The first-order valence-corrected chi connectivity index (χ1v) is 10.9. The lowest BCUT2D eigenvalue weighted by atomic mass is 10.0. The van der Waals surface area contributed by atoms with E-state index in [0.29, 0.717) is 19.6 Å². The number of carbonyl (C=O) groups excluding carboxylic acids is 1. The largest absolute Gasteiger partial charge is 0.354 e. The monoisotopic (exact) mass is 433 g/mol. The molecule has 2 heterocycles. The topological polar surface area (TPSA) is 61.4 Å². The van der Waals surface area contributed by atoms with Crippen molar-refractivity contribution in [2.24, 2.45) is 0 Å². The predicted molar refractivity (Wildman–Crippen MR) is 125 cm³/mol. The van der Waals surface area contributed by atoms with E-state index in [1.165, 1.54) is 11.6 Å². The zero-order valence-corrected chi connectivity index (χ0v) is 18.5. The quantitative estimate of drug-likeness (QED) is 0.655. The van der Waals surface area contributed by atoms with Crippen LogP contribution in [0.15, 0.2) is 54.6 Å². The third-order valence-electron chi connectivity index (χ3n) is 5.73. The van der Waals surface area contributed by atoms with Crippen LogP contribution in [0, 0.1) is 19.7 Å². The van der Waals surface area contributed by atoms with Crippen LogP contribution in [0.25, 0.3) is 0 Å². The lowest BCUT2D eigenvalue weighted by Crippen LogP contribution is -2.38. The fourth-order valence-electron chi connectivity index (χ4n) is 4.08. The summed E-state index contributed by atoms with van der Waals surface area (Å²) in [5, 5.41) is 2.69. The number of urea groups is 1. The third-order valence-corrected chi connectivity index (χ3v) is 5.73. The van der Waals surface area contributed by atoms with Gasteiger partial charge in [-0.3, -0.25) is 0 Å². The predicted octanol–water partition coefficient (Wildman–Crippen LogP) is 4.57.